The number of carboxylic acid groups (broad SMARTS) is 1. The van der Waals surface area contributed by atoms with Crippen molar-refractivity contribution in [2.24, 2.45) is 11.3 Å². The lowest BCUT2D eigenvalue weighted by Gasteiger charge is -2.12. The van der Waals surface area contributed by atoms with Crippen molar-refractivity contribution >= 4 is 17.7 Å². The summed E-state index contributed by atoms with van der Waals surface area (Å²) >= 11 is 0. The lowest BCUT2D eigenvalue weighted by molar-refractivity contribution is -0.139. The minimum Gasteiger partial charge on any atom is -0.480 e. The first kappa shape index (κ1) is 15.2. The molecule has 2 amide bonds. The van der Waals surface area contributed by atoms with E-state index in [-0.39, 0.29) is 6.03 Å². The molecule has 0 saturated heterocycles. The van der Waals surface area contributed by atoms with Crippen LogP contribution < -0.4 is 15.4 Å². The first-order valence-corrected chi connectivity index (χ1v) is 6.87. The number of amides is 2. The number of urea groups is 1. The van der Waals surface area contributed by atoms with E-state index in [4.69, 9.17) is 9.84 Å². The molecule has 0 aromatic heterocycles. The Bertz CT molecular complexity index is 542. The van der Waals surface area contributed by atoms with Crippen LogP contribution in [0.3, 0.4) is 0 Å². The average molecular weight is 292 g/mol. The van der Waals surface area contributed by atoms with E-state index >= 15 is 0 Å². The van der Waals surface area contributed by atoms with Gasteiger partial charge in [-0.05, 0) is 29.9 Å². The molecule has 1 aliphatic rings. The van der Waals surface area contributed by atoms with Crippen molar-refractivity contribution in [3.05, 3.63) is 24.3 Å². The third-order valence-corrected chi connectivity index (χ3v) is 3.71. The highest BCUT2D eigenvalue weighted by Crippen LogP contribution is 2.50. The molecule has 6 heteroatoms. The molecule has 114 valence electrons. The van der Waals surface area contributed by atoms with Crippen LogP contribution in [0.2, 0.25) is 0 Å². The molecule has 0 aliphatic heterocycles. The second kappa shape index (κ2) is 6.03. The number of benzene rings is 1. The summed E-state index contributed by atoms with van der Waals surface area (Å²) in [6.45, 7) is 4.53. The maximum atomic E-state index is 11.9. The number of nitrogens with one attached hydrogen (secondary N) is 2. The van der Waals surface area contributed by atoms with Gasteiger partial charge in [0.1, 0.15) is 5.75 Å². The molecule has 0 heterocycles. The molecule has 2 rings (SSSR count). The minimum absolute atomic E-state index is 0.315. The van der Waals surface area contributed by atoms with Crippen molar-refractivity contribution in [1.82, 2.24) is 5.32 Å². The van der Waals surface area contributed by atoms with Crippen LogP contribution in [0.4, 0.5) is 10.5 Å². The lowest BCUT2D eigenvalue weighted by Crippen LogP contribution is -2.31. The second-order valence-corrected chi connectivity index (χ2v) is 5.90. The molecule has 0 bridgehead atoms. The van der Waals surface area contributed by atoms with Gasteiger partial charge in [0.05, 0.1) is 5.69 Å². The molecule has 1 atom stereocenters. The zero-order valence-electron chi connectivity index (χ0n) is 12.2. The highest BCUT2D eigenvalue weighted by atomic mass is 16.5. The van der Waals surface area contributed by atoms with Crippen LogP contribution in [0.5, 0.6) is 5.75 Å². The minimum atomic E-state index is -1.06. The van der Waals surface area contributed by atoms with Crippen LogP contribution in [-0.4, -0.2) is 30.3 Å². The molecule has 6 nitrogen and oxygen atoms in total. The normalized spacial score (nSPS) is 18.7. The first-order valence-electron chi connectivity index (χ1n) is 6.87. The number of para-hydroxylation sites is 2. The molecule has 1 saturated carbocycles. The van der Waals surface area contributed by atoms with Crippen molar-refractivity contribution in [3.63, 3.8) is 0 Å². The zero-order valence-corrected chi connectivity index (χ0v) is 12.2. The number of aliphatic carboxylic acids is 1. The largest absolute Gasteiger partial charge is 0.480 e. The van der Waals surface area contributed by atoms with Gasteiger partial charge in [0.2, 0.25) is 0 Å². The van der Waals surface area contributed by atoms with Crippen molar-refractivity contribution in [2.75, 3.05) is 18.5 Å². The molecule has 1 fully saturated rings. The summed E-state index contributed by atoms with van der Waals surface area (Å²) in [6.07, 6.45) is 1.12. The van der Waals surface area contributed by atoms with Gasteiger partial charge in [-0.25, -0.2) is 9.59 Å². The maximum Gasteiger partial charge on any atom is 0.341 e. The van der Waals surface area contributed by atoms with E-state index in [9.17, 15) is 9.59 Å². The van der Waals surface area contributed by atoms with Gasteiger partial charge < -0.3 is 20.5 Å². The summed E-state index contributed by atoms with van der Waals surface area (Å²) in [6, 6.07) is 6.42. The number of anilines is 1. The van der Waals surface area contributed by atoms with E-state index in [1.807, 2.05) is 0 Å². The highest BCUT2D eigenvalue weighted by Gasteiger charge is 2.45. The van der Waals surface area contributed by atoms with E-state index in [1.165, 1.54) is 0 Å². The average Bonchev–Trinajstić information content (AvgIpc) is 3.03. The van der Waals surface area contributed by atoms with Crippen molar-refractivity contribution in [3.8, 4) is 5.75 Å². The first-order chi connectivity index (χ1) is 9.88. The number of ether oxygens (including phenoxy) is 1. The van der Waals surface area contributed by atoms with Crippen molar-refractivity contribution in [1.29, 1.82) is 0 Å². The van der Waals surface area contributed by atoms with E-state index < -0.39 is 12.6 Å². The van der Waals surface area contributed by atoms with E-state index in [0.29, 0.717) is 29.3 Å². The Balaban J connectivity index is 1.86. The number of carboxylic acids is 1. The Morgan fingerprint density at radius 2 is 2.05 bits per heavy atom. The Hall–Kier alpha value is -2.24. The number of rotatable bonds is 6. The molecule has 21 heavy (non-hydrogen) atoms. The maximum absolute atomic E-state index is 11.9. The lowest BCUT2D eigenvalue weighted by atomic mass is 10.1. The van der Waals surface area contributed by atoms with Crippen LogP contribution in [0, 0.1) is 11.3 Å². The smallest absolute Gasteiger partial charge is 0.341 e. The Morgan fingerprint density at radius 3 is 2.67 bits per heavy atom. The fraction of sp³-hybridized carbons (Fsp3) is 0.467. The molecule has 0 spiro atoms. The van der Waals surface area contributed by atoms with E-state index in [2.05, 4.69) is 24.5 Å². The second-order valence-electron chi connectivity index (χ2n) is 5.90. The van der Waals surface area contributed by atoms with Crippen LogP contribution in [0.15, 0.2) is 24.3 Å². The standard InChI is InChI=1S/C15H20N2O4/c1-15(2)7-10(15)8-16-14(20)17-11-5-3-4-6-12(11)21-9-13(18)19/h3-6,10H,7-9H2,1-2H3,(H,18,19)(H2,16,17,20). The summed E-state index contributed by atoms with van der Waals surface area (Å²) < 4.78 is 5.13. The quantitative estimate of drug-likeness (QED) is 0.751. The third kappa shape index (κ3) is 4.37. The van der Waals surface area contributed by atoms with Crippen LogP contribution in [0.25, 0.3) is 0 Å². The Morgan fingerprint density at radius 1 is 1.38 bits per heavy atom. The molecule has 1 aliphatic carbocycles. The summed E-state index contributed by atoms with van der Waals surface area (Å²) in [5, 5.41) is 14.1. The van der Waals surface area contributed by atoms with E-state index in [0.717, 1.165) is 6.42 Å². The Labute approximate surface area is 123 Å². The van der Waals surface area contributed by atoms with Crippen LogP contribution in [-0.2, 0) is 4.79 Å². The molecule has 0 radical (unpaired) electrons. The van der Waals surface area contributed by atoms with Gasteiger partial charge >= 0.3 is 12.0 Å². The number of hydrogen-bond donors (Lipinski definition) is 3. The third-order valence-electron chi connectivity index (χ3n) is 3.71. The van der Waals surface area contributed by atoms with E-state index in [1.54, 1.807) is 24.3 Å². The molecule has 3 N–H and O–H groups in total. The predicted molar refractivity (Wildman–Crippen MR) is 78.5 cm³/mol. The predicted octanol–water partition coefficient (Wildman–Crippen LogP) is 2.32. The SMILES string of the molecule is CC1(C)CC1CNC(=O)Nc1ccccc1OCC(=O)O. The van der Waals surface area contributed by atoms with Crippen molar-refractivity contribution in [2.45, 2.75) is 20.3 Å². The fourth-order valence-electron chi connectivity index (χ4n) is 2.14. The zero-order chi connectivity index (χ0) is 15.5. The molecular weight excluding hydrogens is 272 g/mol. The fourth-order valence-corrected chi connectivity index (χ4v) is 2.14. The highest BCUT2D eigenvalue weighted by molar-refractivity contribution is 5.91. The van der Waals surface area contributed by atoms with Crippen LogP contribution in [0.1, 0.15) is 20.3 Å². The molecule has 1 aromatic rings. The van der Waals surface area contributed by atoms with Crippen LogP contribution >= 0.6 is 0 Å². The van der Waals surface area contributed by atoms with Gasteiger partial charge in [-0.15, -0.1) is 0 Å². The number of carbonyl (C=O) groups excluding carboxylic acids is 1. The molecular formula is C15H20N2O4. The monoisotopic (exact) mass is 292 g/mol. The van der Waals surface area contributed by atoms with Gasteiger partial charge in [0.15, 0.2) is 6.61 Å². The van der Waals surface area contributed by atoms with Gasteiger partial charge in [0, 0.05) is 6.54 Å². The Kier molecular flexibility index (Phi) is 4.35. The molecule has 1 unspecified atom stereocenters. The summed E-state index contributed by atoms with van der Waals surface area (Å²) in [4.78, 5) is 22.4. The van der Waals surface area contributed by atoms with Crippen molar-refractivity contribution < 1.29 is 19.4 Å². The number of hydrogen-bond acceptors (Lipinski definition) is 3. The van der Waals surface area contributed by atoms with Gasteiger partial charge in [-0.3, -0.25) is 0 Å². The van der Waals surface area contributed by atoms with Gasteiger partial charge in [-0.1, -0.05) is 26.0 Å². The van der Waals surface area contributed by atoms with Gasteiger partial charge in [0.25, 0.3) is 0 Å². The summed E-state index contributed by atoms with van der Waals surface area (Å²) in [5.41, 5.74) is 0.766. The summed E-state index contributed by atoms with van der Waals surface area (Å²) in [7, 11) is 0. The topological polar surface area (TPSA) is 87.7 Å². The van der Waals surface area contributed by atoms with Gasteiger partial charge in [-0.2, -0.15) is 0 Å². The molecule has 1 aromatic carbocycles. The number of carbonyl (C=O) groups is 2. The summed E-state index contributed by atoms with van der Waals surface area (Å²) in [5.74, 6) is -0.214.